The van der Waals surface area contributed by atoms with E-state index in [2.05, 4.69) is 287 Å². The van der Waals surface area contributed by atoms with Crippen LogP contribution >= 0.6 is 0 Å². The Morgan fingerprint density at radius 1 is 0.203 bits per heavy atom. The van der Waals surface area contributed by atoms with Crippen molar-refractivity contribution in [1.82, 2.24) is 9.13 Å². The zero-order valence-electron chi connectivity index (χ0n) is 37.8. The van der Waals surface area contributed by atoms with Gasteiger partial charge in [0.25, 0.3) is 0 Å². The second-order valence-corrected chi connectivity index (χ2v) is 17.8. The fourth-order valence-electron chi connectivity index (χ4n) is 10.4. The SMILES string of the molecule is c1ccc(-c2ccc(N(c3ccc(-c4ccccc4)cc3)c3ccc(-n4c5ccccc5c5cc(-c6ccc7c(c6)c6ccccc6n7-c6cccc(-c7ccccc7)c6)ccc54)cc3)cc2)cc1. The molecule has 0 amide bonds. The third kappa shape index (κ3) is 7.16. The molecule has 11 aromatic carbocycles. The van der Waals surface area contributed by atoms with Gasteiger partial charge < -0.3 is 14.0 Å². The van der Waals surface area contributed by atoms with Gasteiger partial charge in [-0.25, -0.2) is 0 Å². The summed E-state index contributed by atoms with van der Waals surface area (Å²) in [7, 11) is 0. The van der Waals surface area contributed by atoms with Crippen LogP contribution in [-0.4, -0.2) is 9.13 Å². The maximum absolute atomic E-state index is 2.41. The largest absolute Gasteiger partial charge is 0.311 e. The summed E-state index contributed by atoms with van der Waals surface area (Å²) in [5, 5.41) is 4.94. The first-order valence-corrected chi connectivity index (χ1v) is 23.7. The maximum atomic E-state index is 2.41. The number of anilines is 3. The molecular formula is C66H45N3. The van der Waals surface area contributed by atoms with E-state index in [1.165, 1.54) is 88.1 Å². The summed E-state index contributed by atoms with van der Waals surface area (Å²) in [6.45, 7) is 0. The molecule has 324 valence electrons. The highest BCUT2D eigenvalue weighted by molar-refractivity contribution is 6.13. The minimum atomic E-state index is 1.09. The van der Waals surface area contributed by atoms with Crippen molar-refractivity contribution in [3.05, 3.63) is 273 Å². The van der Waals surface area contributed by atoms with Crippen LogP contribution in [0.15, 0.2) is 273 Å². The summed E-state index contributed by atoms with van der Waals surface area (Å²) in [6, 6.07) is 99.0. The fraction of sp³-hybridized carbons (Fsp3) is 0. The van der Waals surface area contributed by atoms with Gasteiger partial charge in [-0.15, -0.1) is 0 Å². The number of para-hydroxylation sites is 2. The van der Waals surface area contributed by atoms with Crippen LogP contribution in [-0.2, 0) is 0 Å². The highest BCUT2D eigenvalue weighted by atomic mass is 15.1. The van der Waals surface area contributed by atoms with Crippen LogP contribution in [0.5, 0.6) is 0 Å². The molecule has 0 N–H and O–H groups in total. The monoisotopic (exact) mass is 879 g/mol. The number of nitrogens with zero attached hydrogens (tertiary/aromatic N) is 3. The van der Waals surface area contributed by atoms with E-state index in [1.807, 2.05) is 0 Å². The van der Waals surface area contributed by atoms with Gasteiger partial charge in [0, 0.05) is 50.0 Å². The van der Waals surface area contributed by atoms with Crippen LogP contribution in [0.2, 0.25) is 0 Å². The summed E-state index contributed by atoms with van der Waals surface area (Å²) in [6.07, 6.45) is 0. The average molecular weight is 880 g/mol. The van der Waals surface area contributed by atoms with Gasteiger partial charge in [-0.2, -0.15) is 0 Å². The number of hydrogen-bond donors (Lipinski definition) is 0. The van der Waals surface area contributed by atoms with E-state index in [4.69, 9.17) is 0 Å². The molecule has 0 fully saturated rings. The van der Waals surface area contributed by atoms with E-state index in [1.54, 1.807) is 0 Å². The Kier molecular flexibility index (Phi) is 9.84. The van der Waals surface area contributed by atoms with Crippen molar-refractivity contribution in [2.75, 3.05) is 4.90 Å². The summed E-state index contributed by atoms with van der Waals surface area (Å²) >= 11 is 0. The molecule has 69 heavy (non-hydrogen) atoms. The van der Waals surface area contributed by atoms with Crippen molar-refractivity contribution in [1.29, 1.82) is 0 Å². The molecule has 3 heteroatoms. The standard InChI is InChI=1S/C66H45N3/c1-4-15-46(16-5-1)49-27-33-54(34-28-49)67(55-35-29-50(30-36-55)47-17-6-2-7-18-47)56-37-39-57(40-38-56)68-63-25-12-10-23-59(63)61-44-52(31-41-65(61)68)53-32-42-66-62(45-53)60-24-11-13-26-64(60)69(66)58-22-14-21-51(43-58)48-19-8-3-9-20-48/h1-45H. The molecule has 0 saturated heterocycles. The first-order valence-electron chi connectivity index (χ1n) is 23.7. The van der Waals surface area contributed by atoms with Gasteiger partial charge in [0.05, 0.1) is 22.1 Å². The molecular weight excluding hydrogens is 835 g/mol. The van der Waals surface area contributed by atoms with E-state index in [-0.39, 0.29) is 0 Å². The topological polar surface area (TPSA) is 13.1 Å². The van der Waals surface area contributed by atoms with E-state index >= 15 is 0 Å². The van der Waals surface area contributed by atoms with Crippen molar-refractivity contribution in [2.24, 2.45) is 0 Å². The lowest BCUT2D eigenvalue weighted by Gasteiger charge is -2.26. The first kappa shape index (κ1) is 40.1. The smallest absolute Gasteiger partial charge is 0.0541 e. The second-order valence-electron chi connectivity index (χ2n) is 17.8. The lowest BCUT2D eigenvalue weighted by Crippen LogP contribution is -2.10. The quantitative estimate of drug-likeness (QED) is 0.141. The molecule has 0 aliphatic rings. The molecule has 13 rings (SSSR count). The summed E-state index contributed by atoms with van der Waals surface area (Å²) in [5.74, 6) is 0. The summed E-state index contributed by atoms with van der Waals surface area (Å²) in [4.78, 5) is 2.35. The Labute approximate surface area is 401 Å². The Hall–Kier alpha value is -9.18. The Balaban J connectivity index is 0.877. The molecule has 0 atom stereocenters. The van der Waals surface area contributed by atoms with Crippen LogP contribution in [0, 0.1) is 0 Å². The van der Waals surface area contributed by atoms with Crippen LogP contribution in [0.1, 0.15) is 0 Å². The van der Waals surface area contributed by atoms with Gasteiger partial charge in [-0.1, -0.05) is 176 Å². The number of fused-ring (bicyclic) bond motifs is 6. The van der Waals surface area contributed by atoms with Gasteiger partial charge in [0.1, 0.15) is 0 Å². The van der Waals surface area contributed by atoms with Gasteiger partial charge in [-0.05, 0) is 142 Å². The van der Waals surface area contributed by atoms with Gasteiger partial charge in [0.15, 0.2) is 0 Å². The van der Waals surface area contributed by atoms with Crippen LogP contribution in [0.3, 0.4) is 0 Å². The Bertz CT molecular complexity index is 3880. The summed E-state index contributed by atoms with van der Waals surface area (Å²) in [5.41, 5.74) is 19.9. The molecule has 0 aliphatic carbocycles. The fourth-order valence-corrected chi connectivity index (χ4v) is 10.4. The van der Waals surface area contributed by atoms with Crippen LogP contribution in [0.4, 0.5) is 17.1 Å². The predicted molar refractivity (Wildman–Crippen MR) is 292 cm³/mol. The van der Waals surface area contributed by atoms with Crippen molar-refractivity contribution < 1.29 is 0 Å². The molecule has 0 saturated carbocycles. The van der Waals surface area contributed by atoms with Gasteiger partial charge in [0.2, 0.25) is 0 Å². The Morgan fingerprint density at radius 2 is 0.536 bits per heavy atom. The highest BCUT2D eigenvalue weighted by Gasteiger charge is 2.18. The lowest BCUT2D eigenvalue weighted by molar-refractivity contribution is 1.17. The molecule has 0 radical (unpaired) electrons. The summed E-state index contributed by atoms with van der Waals surface area (Å²) < 4.78 is 4.82. The zero-order chi connectivity index (χ0) is 45.7. The minimum absolute atomic E-state index is 1.09. The predicted octanol–water partition coefficient (Wildman–Crippen LogP) is 18.0. The van der Waals surface area contributed by atoms with Crippen molar-refractivity contribution in [3.63, 3.8) is 0 Å². The third-order valence-electron chi connectivity index (χ3n) is 13.7. The van der Waals surface area contributed by atoms with Crippen molar-refractivity contribution >= 4 is 60.7 Å². The van der Waals surface area contributed by atoms with E-state index < -0.39 is 0 Å². The maximum Gasteiger partial charge on any atom is 0.0541 e. The minimum Gasteiger partial charge on any atom is -0.311 e. The zero-order valence-corrected chi connectivity index (χ0v) is 37.8. The number of aromatic nitrogens is 2. The van der Waals surface area contributed by atoms with Gasteiger partial charge in [-0.3, -0.25) is 0 Å². The molecule has 0 spiro atoms. The number of hydrogen-bond acceptors (Lipinski definition) is 1. The lowest BCUT2D eigenvalue weighted by atomic mass is 10.0. The van der Waals surface area contributed by atoms with Crippen molar-refractivity contribution in [2.45, 2.75) is 0 Å². The number of rotatable bonds is 9. The van der Waals surface area contributed by atoms with Crippen LogP contribution < -0.4 is 4.90 Å². The van der Waals surface area contributed by atoms with E-state index in [9.17, 15) is 0 Å². The third-order valence-corrected chi connectivity index (χ3v) is 13.7. The molecule has 0 aliphatic heterocycles. The molecule has 3 nitrogen and oxygen atoms in total. The highest BCUT2D eigenvalue weighted by Crippen LogP contribution is 2.41. The van der Waals surface area contributed by atoms with Crippen molar-refractivity contribution in [3.8, 4) is 55.9 Å². The van der Waals surface area contributed by atoms with Gasteiger partial charge >= 0.3 is 0 Å². The second kappa shape index (κ2) is 16.9. The van der Waals surface area contributed by atoms with E-state index in [0.29, 0.717) is 0 Å². The van der Waals surface area contributed by atoms with Crippen LogP contribution in [0.25, 0.3) is 99.5 Å². The molecule has 2 heterocycles. The Morgan fingerprint density at radius 3 is 1.01 bits per heavy atom. The normalized spacial score (nSPS) is 11.5. The number of benzene rings is 11. The first-order chi connectivity index (χ1) is 34.2. The molecule has 2 aromatic heterocycles. The molecule has 0 bridgehead atoms. The molecule has 13 aromatic rings. The average Bonchev–Trinajstić information content (AvgIpc) is 3.94. The molecule has 0 unspecified atom stereocenters. The van der Waals surface area contributed by atoms with E-state index in [0.717, 1.165) is 28.4 Å².